The highest BCUT2D eigenvalue weighted by molar-refractivity contribution is 5.10. The van der Waals surface area contributed by atoms with Crippen molar-refractivity contribution >= 4 is 0 Å². The Bertz CT molecular complexity index is 386. The van der Waals surface area contributed by atoms with E-state index >= 15 is 0 Å². The molecule has 0 radical (unpaired) electrons. The van der Waals surface area contributed by atoms with E-state index in [-0.39, 0.29) is 11.9 Å². The number of nitrogens with one attached hydrogen (secondary N) is 1. The van der Waals surface area contributed by atoms with E-state index in [4.69, 9.17) is 0 Å². The first kappa shape index (κ1) is 13.5. The lowest BCUT2D eigenvalue weighted by atomic mass is 9.91. The predicted octanol–water partition coefficient (Wildman–Crippen LogP) is 3.84. The van der Waals surface area contributed by atoms with Crippen molar-refractivity contribution in [1.29, 1.82) is 0 Å². The molecule has 2 nitrogen and oxygen atoms in total. The largest absolute Gasteiger partial charge is 0.306 e. The number of halogens is 1. The van der Waals surface area contributed by atoms with Gasteiger partial charge in [0.15, 0.2) is 0 Å². The van der Waals surface area contributed by atoms with Crippen LogP contribution in [-0.2, 0) is 0 Å². The summed E-state index contributed by atoms with van der Waals surface area (Å²) in [4.78, 5) is 4.19. The van der Waals surface area contributed by atoms with Crippen LogP contribution in [0.2, 0.25) is 0 Å². The van der Waals surface area contributed by atoms with Crippen LogP contribution in [0.25, 0.3) is 0 Å². The summed E-state index contributed by atoms with van der Waals surface area (Å²) in [7, 11) is 0. The summed E-state index contributed by atoms with van der Waals surface area (Å²) >= 11 is 0. The zero-order valence-electron chi connectivity index (χ0n) is 11.5. The lowest BCUT2D eigenvalue weighted by molar-refractivity contribution is 0.349. The predicted molar refractivity (Wildman–Crippen MR) is 71.8 cm³/mol. The first-order valence-electron chi connectivity index (χ1n) is 6.88. The monoisotopic (exact) mass is 250 g/mol. The Balaban J connectivity index is 2.00. The van der Waals surface area contributed by atoms with Gasteiger partial charge in [-0.3, -0.25) is 4.98 Å². The summed E-state index contributed by atoms with van der Waals surface area (Å²) in [6.45, 7) is 6.79. The number of nitrogens with zero attached hydrogens (tertiary/aromatic N) is 1. The molecule has 0 aliphatic heterocycles. The van der Waals surface area contributed by atoms with Crippen LogP contribution < -0.4 is 5.32 Å². The number of hydrogen-bond acceptors (Lipinski definition) is 2. The molecule has 0 bridgehead atoms. The Morgan fingerprint density at radius 2 is 2.28 bits per heavy atom. The summed E-state index contributed by atoms with van der Waals surface area (Å²) in [5.74, 6) is -0.268. The molecule has 2 rings (SSSR count). The van der Waals surface area contributed by atoms with E-state index < -0.39 is 0 Å². The summed E-state index contributed by atoms with van der Waals surface area (Å²) in [5, 5.41) is 3.67. The SMILES string of the molecule is CCC(NC1CCC(C)(C)C1)c1ccc(F)cn1. The highest BCUT2D eigenvalue weighted by Gasteiger charge is 2.31. The van der Waals surface area contributed by atoms with Gasteiger partial charge in [-0.15, -0.1) is 0 Å². The molecule has 1 aliphatic rings. The highest BCUT2D eigenvalue weighted by atomic mass is 19.1. The molecular formula is C15H23FN2. The third-order valence-electron chi connectivity index (χ3n) is 3.92. The minimum absolute atomic E-state index is 0.240. The average Bonchev–Trinajstić information content (AvgIpc) is 2.67. The molecule has 2 atom stereocenters. The molecule has 1 saturated carbocycles. The summed E-state index contributed by atoms with van der Waals surface area (Å²) in [6.07, 6.45) is 6.00. The van der Waals surface area contributed by atoms with Crippen molar-refractivity contribution in [3.8, 4) is 0 Å². The molecule has 18 heavy (non-hydrogen) atoms. The van der Waals surface area contributed by atoms with Crippen molar-refractivity contribution < 1.29 is 4.39 Å². The van der Waals surface area contributed by atoms with E-state index in [1.807, 2.05) is 0 Å². The zero-order chi connectivity index (χ0) is 13.2. The second kappa shape index (κ2) is 5.35. The Labute approximate surface area is 109 Å². The van der Waals surface area contributed by atoms with Gasteiger partial charge in [0.05, 0.1) is 11.9 Å². The van der Waals surface area contributed by atoms with Crippen LogP contribution in [0.15, 0.2) is 18.3 Å². The number of aromatic nitrogens is 1. The van der Waals surface area contributed by atoms with Gasteiger partial charge in [-0.2, -0.15) is 0 Å². The quantitative estimate of drug-likeness (QED) is 0.878. The Hall–Kier alpha value is -0.960. The molecule has 0 amide bonds. The molecular weight excluding hydrogens is 227 g/mol. The second-order valence-corrected chi connectivity index (χ2v) is 6.13. The van der Waals surface area contributed by atoms with Crippen LogP contribution in [0.4, 0.5) is 4.39 Å². The lowest BCUT2D eigenvalue weighted by Gasteiger charge is -2.23. The van der Waals surface area contributed by atoms with Crippen LogP contribution in [-0.4, -0.2) is 11.0 Å². The minimum Gasteiger partial charge on any atom is -0.306 e. The molecule has 0 aromatic carbocycles. The smallest absolute Gasteiger partial charge is 0.141 e. The van der Waals surface area contributed by atoms with Gasteiger partial charge in [0.1, 0.15) is 5.82 Å². The third-order valence-corrected chi connectivity index (χ3v) is 3.92. The van der Waals surface area contributed by atoms with Gasteiger partial charge >= 0.3 is 0 Å². The maximum atomic E-state index is 12.9. The summed E-state index contributed by atoms with van der Waals surface area (Å²) < 4.78 is 12.9. The molecule has 1 aromatic rings. The van der Waals surface area contributed by atoms with E-state index in [2.05, 4.69) is 31.1 Å². The van der Waals surface area contributed by atoms with Crippen molar-refractivity contribution in [3.63, 3.8) is 0 Å². The first-order valence-corrected chi connectivity index (χ1v) is 6.88. The van der Waals surface area contributed by atoms with Gasteiger partial charge in [0.25, 0.3) is 0 Å². The van der Waals surface area contributed by atoms with Gasteiger partial charge < -0.3 is 5.32 Å². The van der Waals surface area contributed by atoms with Gasteiger partial charge in [0.2, 0.25) is 0 Å². The van der Waals surface area contributed by atoms with Gasteiger partial charge in [-0.25, -0.2) is 4.39 Å². The van der Waals surface area contributed by atoms with Gasteiger partial charge in [-0.05, 0) is 43.2 Å². The van der Waals surface area contributed by atoms with Crippen LogP contribution in [0.5, 0.6) is 0 Å². The number of rotatable bonds is 4. The van der Waals surface area contributed by atoms with E-state index in [0.29, 0.717) is 11.5 Å². The van der Waals surface area contributed by atoms with E-state index in [9.17, 15) is 4.39 Å². The maximum Gasteiger partial charge on any atom is 0.141 e. The van der Waals surface area contributed by atoms with Crippen molar-refractivity contribution in [2.75, 3.05) is 0 Å². The van der Waals surface area contributed by atoms with E-state index in [1.165, 1.54) is 31.5 Å². The van der Waals surface area contributed by atoms with Crippen LogP contribution >= 0.6 is 0 Å². The van der Waals surface area contributed by atoms with E-state index in [1.54, 1.807) is 6.07 Å². The second-order valence-electron chi connectivity index (χ2n) is 6.13. The van der Waals surface area contributed by atoms with Crippen LogP contribution in [0.3, 0.4) is 0 Å². The van der Waals surface area contributed by atoms with Crippen LogP contribution in [0, 0.1) is 11.2 Å². The molecule has 3 heteroatoms. The fourth-order valence-electron chi connectivity index (χ4n) is 2.87. The van der Waals surface area contributed by atoms with Crippen molar-refractivity contribution in [2.45, 2.75) is 58.5 Å². The summed E-state index contributed by atoms with van der Waals surface area (Å²) in [6, 6.07) is 4.09. The van der Waals surface area contributed by atoms with E-state index in [0.717, 1.165) is 12.1 Å². The zero-order valence-corrected chi connectivity index (χ0v) is 11.5. The Morgan fingerprint density at radius 3 is 2.78 bits per heavy atom. The maximum absolute atomic E-state index is 12.9. The van der Waals surface area contributed by atoms with Gasteiger partial charge in [0, 0.05) is 12.1 Å². The summed E-state index contributed by atoms with van der Waals surface area (Å²) in [5.41, 5.74) is 1.40. The first-order chi connectivity index (χ1) is 8.50. The molecule has 2 unspecified atom stereocenters. The molecule has 1 aromatic heterocycles. The Kier molecular flexibility index (Phi) is 4.00. The molecule has 100 valence electrons. The Morgan fingerprint density at radius 1 is 1.50 bits per heavy atom. The van der Waals surface area contributed by atoms with Crippen molar-refractivity contribution in [2.24, 2.45) is 5.41 Å². The van der Waals surface area contributed by atoms with Gasteiger partial charge in [-0.1, -0.05) is 20.8 Å². The minimum atomic E-state index is -0.268. The highest BCUT2D eigenvalue weighted by Crippen LogP contribution is 2.37. The molecule has 0 saturated heterocycles. The fourth-order valence-corrected chi connectivity index (χ4v) is 2.87. The number of hydrogen-bond donors (Lipinski definition) is 1. The average molecular weight is 250 g/mol. The van der Waals surface area contributed by atoms with Crippen molar-refractivity contribution in [1.82, 2.24) is 10.3 Å². The van der Waals surface area contributed by atoms with Crippen molar-refractivity contribution in [3.05, 3.63) is 29.8 Å². The standard InChI is InChI=1S/C15H23FN2/c1-4-13(14-6-5-11(16)10-17-14)18-12-7-8-15(2,3)9-12/h5-6,10,12-13,18H,4,7-9H2,1-3H3. The molecule has 1 N–H and O–H groups in total. The topological polar surface area (TPSA) is 24.9 Å². The lowest BCUT2D eigenvalue weighted by Crippen LogP contribution is -2.31. The number of pyridine rings is 1. The molecule has 1 fully saturated rings. The van der Waals surface area contributed by atoms with Crippen LogP contribution in [0.1, 0.15) is 58.2 Å². The molecule has 1 heterocycles. The molecule has 1 aliphatic carbocycles. The third kappa shape index (κ3) is 3.29. The normalized spacial score (nSPS) is 24.1. The fraction of sp³-hybridized carbons (Fsp3) is 0.667. The molecule has 0 spiro atoms.